The minimum Gasteiger partial charge on any atom is -0.497 e. The highest BCUT2D eigenvalue weighted by Gasteiger charge is 2.12. The van der Waals surface area contributed by atoms with Crippen molar-refractivity contribution in [1.29, 1.82) is 0 Å². The maximum atomic E-state index is 12.2. The van der Waals surface area contributed by atoms with Gasteiger partial charge in [-0.05, 0) is 35.9 Å². The first kappa shape index (κ1) is 17.7. The topological polar surface area (TPSA) is 64.1 Å². The third-order valence-electron chi connectivity index (χ3n) is 3.38. The molecule has 0 bridgehead atoms. The third-order valence-corrected chi connectivity index (χ3v) is 4.96. The zero-order valence-electron chi connectivity index (χ0n) is 13.1. The fraction of sp³-hybridized carbons (Fsp3) is 0.118. The van der Waals surface area contributed by atoms with Crippen LogP contribution in [0.4, 0.5) is 5.13 Å². The number of carbonyl (C=O) groups excluding carboxylic acids is 1. The van der Waals surface area contributed by atoms with Gasteiger partial charge in [0.05, 0.1) is 17.2 Å². The summed E-state index contributed by atoms with van der Waals surface area (Å²) in [6, 6.07) is 12.4. The van der Waals surface area contributed by atoms with Gasteiger partial charge in [0.15, 0.2) is 0 Å². The number of hydrogen-bond acceptors (Lipinski definition) is 5. The second kappa shape index (κ2) is 7.82. The fourth-order valence-electron chi connectivity index (χ4n) is 2.10. The van der Waals surface area contributed by atoms with E-state index in [1.165, 1.54) is 17.4 Å². The van der Waals surface area contributed by atoms with Crippen LogP contribution in [0.1, 0.15) is 20.9 Å². The number of hydrogen-bond donors (Lipinski definition) is 1. The van der Waals surface area contributed by atoms with Crippen LogP contribution in [0.3, 0.4) is 0 Å². The average molecular weight is 394 g/mol. The van der Waals surface area contributed by atoms with E-state index in [1.807, 2.05) is 24.3 Å². The molecule has 0 aliphatic carbocycles. The Kier molecular flexibility index (Phi) is 5.53. The predicted molar refractivity (Wildman–Crippen MR) is 100 cm³/mol. The molecule has 3 rings (SSSR count). The van der Waals surface area contributed by atoms with Crippen molar-refractivity contribution in [3.05, 3.63) is 68.6 Å². The van der Waals surface area contributed by atoms with Crippen LogP contribution in [0.25, 0.3) is 0 Å². The standard InChI is InChI=1S/C17H13Cl2N3O2S/c1-24-12-5-2-10(3-6-12)8-15-21-22-17(25-15)20-16(23)11-4-7-13(18)14(19)9-11/h2-7,9H,8H2,1H3,(H,20,22,23). The normalized spacial score (nSPS) is 10.5. The highest BCUT2D eigenvalue weighted by Crippen LogP contribution is 2.24. The first-order chi connectivity index (χ1) is 12.0. The predicted octanol–water partition coefficient (Wildman–Crippen LogP) is 4.70. The van der Waals surface area contributed by atoms with Gasteiger partial charge in [-0.2, -0.15) is 0 Å². The molecule has 128 valence electrons. The Morgan fingerprint density at radius 2 is 1.88 bits per heavy atom. The smallest absolute Gasteiger partial charge is 0.257 e. The molecule has 0 aliphatic rings. The summed E-state index contributed by atoms with van der Waals surface area (Å²) < 4.78 is 5.13. The molecule has 0 saturated heterocycles. The first-order valence-corrected chi connectivity index (χ1v) is 8.84. The Balaban J connectivity index is 1.66. The van der Waals surface area contributed by atoms with Crippen LogP contribution < -0.4 is 10.1 Å². The number of nitrogens with zero attached hydrogens (tertiary/aromatic N) is 2. The van der Waals surface area contributed by atoms with E-state index in [9.17, 15) is 4.79 Å². The molecule has 0 saturated carbocycles. The van der Waals surface area contributed by atoms with Gasteiger partial charge in [-0.15, -0.1) is 10.2 Å². The zero-order chi connectivity index (χ0) is 17.8. The lowest BCUT2D eigenvalue weighted by molar-refractivity contribution is 0.102. The van der Waals surface area contributed by atoms with Crippen molar-refractivity contribution >= 4 is 45.6 Å². The molecular weight excluding hydrogens is 381 g/mol. The van der Waals surface area contributed by atoms with Crippen LogP contribution >= 0.6 is 34.5 Å². The highest BCUT2D eigenvalue weighted by atomic mass is 35.5. The summed E-state index contributed by atoms with van der Waals surface area (Å²) in [5.74, 6) is 0.487. The molecule has 0 spiro atoms. The number of rotatable bonds is 5. The van der Waals surface area contributed by atoms with Crippen molar-refractivity contribution in [2.45, 2.75) is 6.42 Å². The van der Waals surface area contributed by atoms with Crippen LogP contribution in [0.5, 0.6) is 5.75 Å². The van der Waals surface area contributed by atoms with Crippen molar-refractivity contribution in [3.63, 3.8) is 0 Å². The molecule has 1 N–H and O–H groups in total. The summed E-state index contributed by atoms with van der Waals surface area (Å²) in [5.41, 5.74) is 1.49. The van der Waals surface area contributed by atoms with E-state index in [-0.39, 0.29) is 5.91 Å². The van der Waals surface area contributed by atoms with Gasteiger partial charge in [0.1, 0.15) is 10.8 Å². The van der Waals surface area contributed by atoms with Crippen LogP contribution in [0.15, 0.2) is 42.5 Å². The lowest BCUT2D eigenvalue weighted by atomic mass is 10.1. The van der Waals surface area contributed by atoms with Gasteiger partial charge < -0.3 is 4.74 Å². The quantitative estimate of drug-likeness (QED) is 0.682. The number of carbonyl (C=O) groups is 1. The number of methoxy groups -OCH3 is 1. The van der Waals surface area contributed by atoms with Crippen LogP contribution in [0, 0.1) is 0 Å². The van der Waals surface area contributed by atoms with Crippen molar-refractivity contribution in [2.24, 2.45) is 0 Å². The Morgan fingerprint density at radius 3 is 2.56 bits per heavy atom. The largest absolute Gasteiger partial charge is 0.497 e. The summed E-state index contributed by atoms with van der Waals surface area (Å²) in [6.45, 7) is 0. The third kappa shape index (κ3) is 4.48. The van der Waals surface area contributed by atoms with Gasteiger partial charge in [0.25, 0.3) is 5.91 Å². The zero-order valence-corrected chi connectivity index (χ0v) is 15.5. The Labute approximate surface area is 158 Å². The number of benzene rings is 2. The fourth-order valence-corrected chi connectivity index (χ4v) is 3.17. The summed E-state index contributed by atoms with van der Waals surface area (Å²) in [7, 11) is 1.63. The average Bonchev–Trinajstić information content (AvgIpc) is 3.04. The lowest BCUT2D eigenvalue weighted by Crippen LogP contribution is -2.11. The van der Waals surface area contributed by atoms with Crippen molar-refractivity contribution in [3.8, 4) is 5.75 Å². The van der Waals surface area contributed by atoms with Crippen molar-refractivity contribution in [1.82, 2.24) is 10.2 Å². The van der Waals surface area contributed by atoms with E-state index >= 15 is 0 Å². The number of ether oxygens (including phenoxy) is 1. The second-order valence-corrected chi connectivity index (χ2v) is 6.99. The first-order valence-electron chi connectivity index (χ1n) is 7.27. The molecule has 25 heavy (non-hydrogen) atoms. The molecule has 1 amide bonds. The second-order valence-electron chi connectivity index (χ2n) is 5.11. The molecule has 1 heterocycles. The Hall–Kier alpha value is -2.15. The molecule has 8 heteroatoms. The molecule has 1 aromatic heterocycles. The molecule has 0 unspecified atom stereocenters. The van der Waals surface area contributed by atoms with E-state index < -0.39 is 0 Å². The van der Waals surface area contributed by atoms with Gasteiger partial charge in [-0.3, -0.25) is 10.1 Å². The number of amides is 1. The van der Waals surface area contributed by atoms with Gasteiger partial charge in [0, 0.05) is 12.0 Å². The van der Waals surface area contributed by atoms with E-state index in [4.69, 9.17) is 27.9 Å². The SMILES string of the molecule is COc1ccc(Cc2nnc(NC(=O)c3ccc(Cl)c(Cl)c3)s2)cc1. The van der Waals surface area contributed by atoms with E-state index in [0.717, 1.165) is 16.3 Å². The van der Waals surface area contributed by atoms with E-state index in [0.29, 0.717) is 27.2 Å². The Morgan fingerprint density at radius 1 is 1.12 bits per heavy atom. The van der Waals surface area contributed by atoms with E-state index in [1.54, 1.807) is 19.2 Å². The van der Waals surface area contributed by atoms with Crippen molar-refractivity contribution in [2.75, 3.05) is 12.4 Å². The summed E-state index contributed by atoms with van der Waals surface area (Å²) >= 11 is 13.1. The maximum absolute atomic E-state index is 12.2. The van der Waals surface area contributed by atoms with E-state index in [2.05, 4.69) is 15.5 Å². The lowest BCUT2D eigenvalue weighted by Gasteiger charge is -2.02. The van der Waals surface area contributed by atoms with Crippen LogP contribution in [-0.2, 0) is 6.42 Å². The number of anilines is 1. The molecular formula is C17H13Cl2N3O2S. The molecule has 0 atom stereocenters. The minimum atomic E-state index is -0.314. The summed E-state index contributed by atoms with van der Waals surface area (Å²) in [5, 5.41) is 12.8. The monoisotopic (exact) mass is 393 g/mol. The van der Waals surface area contributed by atoms with Gasteiger partial charge in [-0.25, -0.2) is 0 Å². The molecule has 0 aliphatic heterocycles. The molecule has 0 fully saturated rings. The highest BCUT2D eigenvalue weighted by molar-refractivity contribution is 7.15. The van der Waals surface area contributed by atoms with Gasteiger partial charge in [-0.1, -0.05) is 46.7 Å². The van der Waals surface area contributed by atoms with Crippen LogP contribution in [0.2, 0.25) is 10.0 Å². The number of halogens is 2. The van der Waals surface area contributed by atoms with Crippen molar-refractivity contribution < 1.29 is 9.53 Å². The molecule has 5 nitrogen and oxygen atoms in total. The minimum absolute atomic E-state index is 0.314. The number of nitrogens with one attached hydrogen (secondary N) is 1. The molecule has 0 radical (unpaired) electrons. The van der Waals surface area contributed by atoms with Crippen LogP contribution in [-0.4, -0.2) is 23.2 Å². The van der Waals surface area contributed by atoms with Gasteiger partial charge >= 0.3 is 0 Å². The molecule has 3 aromatic rings. The molecule has 2 aromatic carbocycles. The Bertz CT molecular complexity index is 897. The number of aromatic nitrogens is 2. The summed E-state index contributed by atoms with van der Waals surface area (Å²) in [6.07, 6.45) is 0.629. The van der Waals surface area contributed by atoms with Gasteiger partial charge in [0.2, 0.25) is 5.13 Å². The maximum Gasteiger partial charge on any atom is 0.257 e. The summed E-state index contributed by atoms with van der Waals surface area (Å²) in [4.78, 5) is 12.2.